The lowest BCUT2D eigenvalue weighted by atomic mass is 10.1. The van der Waals surface area contributed by atoms with E-state index in [1.807, 2.05) is 49.4 Å². The molecule has 3 rings (SSSR count). The van der Waals surface area contributed by atoms with Gasteiger partial charge in [0, 0.05) is 23.5 Å². The standard InChI is InChI=1S/C20H20N4O/c1-2-18(20(25)24-22-14-15-10-12-21-13-11-15)23-19-9-5-7-16-6-3-4-8-17(16)19/h3-14,18,23H,2H2,1H3,(H,24,25)/b22-14-/t18-/m1/s1. The van der Waals surface area contributed by atoms with Crippen molar-refractivity contribution in [3.8, 4) is 0 Å². The number of pyridine rings is 1. The molecule has 5 nitrogen and oxygen atoms in total. The number of hydrazone groups is 1. The van der Waals surface area contributed by atoms with E-state index in [1.165, 1.54) is 0 Å². The van der Waals surface area contributed by atoms with E-state index in [2.05, 4.69) is 33.0 Å². The highest BCUT2D eigenvalue weighted by molar-refractivity contribution is 5.96. The highest BCUT2D eigenvalue weighted by Crippen LogP contribution is 2.23. The van der Waals surface area contributed by atoms with Gasteiger partial charge in [0.1, 0.15) is 6.04 Å². The molecule has 0 spiro atoms. The molecule has 0 aliphatic heterocycles. The van der Waals surface area contributed by atoms with Crippen molar-refractivity contribution in [3.63, 3.8) is 0 Å². The maximum absolute atomic E-state index is 12.4. The van der Waals surface area contributed by atoms with Crippen molar-refractivity contribution in [2.45, 2.75) is 19.4 Å². The van der Waals surface area contributed by atoms with Gasteiger partial charge in [0.25, 0.3) is 5.91 Å². The Bertz CT molecular complexity index is 872. The molecule has 2 N–H and O–H groups in total. The van der Waals surface area contributed by atoms with Gasteiger partial charge in [-0.15, -0.1) is 0 Å². The average Bonchev–Trinajstić information content (AvgIpc) is 2.67. The van der Waals surface area contributed by atoms with Gasteiger partial charge in [-0.25, -0.2) is 5.43 Å². The maximum atomic E-state index is 12.4. The van der Waals surface area contributed by atoms with Crippen molar-refractivity contribution < 1.29 is 4.79 Å². The van der Waals surface area contributed by atoms with Crippen LogP contribution in [-0.2, 0) is 4.79 Å². The number of rotatable bonds is 6. The monoisotopic (exact) mass is 332 g/mol. The first-order chi connectivity index (χ1) is 12.3. The zero-order chi connectivity index (χ0) is 17.5. The normalized spacial score (nSPS) is 12.2. The third-order valence-corrected chi connectivity index (χ3v) is 3.94. The number of benzene rings is 2. The Morgan fingerprint density at radius 1 is 1.12 bits per heavy atom. The minimum Gasteiger partial charge on any atom is -0.373 e. The maximum Gasteiger partial charge on any atom is 0.262 e. The first-order valence-corrected chi connectivity index (χ1v) is 8.25. The van der Waals surface area contributed by atoms with E-state index in [0.29, 0.717) is 6.42 Å². The Kier molecular flexibility index (Phi) is 5.36. The molecule has 0 bridgehead atoms. The molecule has 1 atom stereocenters. The number of fused-ring (bicyclic) bond motifs is 1. The van der Waals surface area contributed by atoms with Crippen LogP contribution < -0.4 is 10.7 Å². The quantitative estimate of drug-likeness (QED) is 0.536. The van der Waals surface area contributed by atoms with Gasteiger partial charge in [0.05, 0.1) is 6.21 Å². The van der Waals surface area contributed by atoms with Crippen LogP contribution in [0.2, 0.25) is 0 Å². The van der Waals surface area contributed by atoms with Crippen LogP contribution in [0.3, 0.4) is 0 Å². The molecule has 25 heavy (non-hydrogen) atoms. The van der Waals surface area contributed by atoms with Crippen LogP contribution in [0.5, 0.6) is 0 Å². The summed E-state index contributed by atoms with van der Waals surface area (Å²) in [6, 6.07) is 17.4. The fraction of sp³-hybridized carbons (Fsp3) is 0.150. The number of amides is 1. The average molecular weight is 332 g/mol. The molecule has 126 valence electrons. The molecule has 0 saturated carbocycles. The third-order valence-electron chi connectivity index (χ3n) is 3.94. The summed E-state index contributed by atoms with van der Waals surface area (Å²) >= 11 is 0. The first kappa shape index (κ1) is 16.6. The number of carbonyl (C=O) groups excluding carboxylic acids is 1. The van der Waals surface area contributed by atoms with Crippen LogP contribution >= 0.6 is 0 Å². The van der Waals surface area contributed by atoms with E-state index in [-0.39, 0.29) is 11.9 Å². The number of hydrogen-bond acceptors (Lipinski definition) is 4. The Morgan fingerprint density at radius 3 is 2.68 bits per heavy atom. The van der Waals surface area contributed by atoms with Crippen molar-refractivity contribution in [2.24, 2.45) is 5.10 Å². The summed E-state index contributed by atoms with van der Waals surface area (Å²) in [5.74, 6) is -0.166. The SMILES string of the molecule is CC[C@@H](Nc1cccc2ccccc12)C(=O)N/N=C\c1ccncc1. The van der Waals surface area contributed by atoms with Crippen LogP contribution in [0.25, 0.3) is 10.8 Å². The van der Waals surface area contributed by atoms with E-state index >= 15 is 0 Å². The molecule has 0 aliphatic rings. The Labute approximate surface area is 146 Å². The highest BCUT2D eigenvalue weighted by Gasteiger charge is 2.16. The van der Waals surface area contributed by atoms with Gasteiger partial charge in [-0.2, -0.15) is 5.10 Å². The van der Waals surface area contributed by atoms with Gasteiger partial charge in [-0.05, 0) is 35.6 Å². The summed E-state index contributed by atoms with van der Waals surface area (Å²) in [7, 11) is 0. The lowest BCUT2D eigenvalue weighted by molar-refractivity contribution is -0.121. The highest BCUT2D eigenvalue weighted by atomic mass is 16.2. The van der Waals surface area contributed by atoms with Crippen molar-refractivity contribution in [1.82, 2.24) is 10.4 Å². The van der Waals surface area contributed by atoms with E-state index in [1.54, 1.807) is 18.6 Å². The fourth-order valence-corrected chi connectivity index (χ4v) is 2.59. The van der Waals surface area contributed by atoms with Gasteiger partial charge in [0.15, 0.2) is 0 Å². The van der Waals surface area contributed by atoms with Gasteiger partial charge >= 0.3 is 0 Å². The Morgan fingerprint density at radius 2 is 1.88 bits per heavy atom. The summed E-state index contributed by atoms with van der Waals surface area (Å²) in [6.45, 7) is 1.97. The minimum absolute atomic E-state index is 0.166. The molecule has 2 aromatic carbocycles. The zero-order valence-electron chi connectivity index (χ0n) is 14.0. The predicted molar refractivity (Wildman–Crippen MR) is 102 cm³/mol. The van der Waals surface area contributed by atoms with Gasteiger partial charge in [-0.1, -0.05) is 43.3 Å². The second kappa shape index (κ2) is 8.06. The van der Waals surface area contributed by atoms with Gasteiger partial charge < -0.3 is 5.32 Å². The van der Waals surface area contributed by atoms with E-state index in [4.69, 9.17) is 0 Å². The van der Waals surface area contributed by atoms with Crippen molar-refractivity contribution >= 4 is 28.6 Å². The van der Waals surface area contributed by atoms with Crippen LogP contribution in [-0.4, -0.2) is 23.1 Å². The molecule has 1 amide bonds. The Balaban J connectivity index is 1.69. The van der Waals surface area contributed by atoms with Crippen molar-refractivity contribution in [2.75, 3.05) is 5.32 Å². The second-order valence-corrected chi connectivity index (χ2v) is 5.65. The van der Waals surface area contributed by atoms with Gasteiger partial charge in [0.2, 0.25) is 0 Å². The molecule has 0 fully saturated rings. The molecule has 0 aliphatic carbocycles. The van der Waals surface area contributed by atoms with Crippen molar-refractivity contribution in [3.05, 3.63) is 72.6 Å². The molecule has 1 aromatic heterocycles. The fourth-order valence-electron chi connectivity index (χ4n) is 2.59. The summed E-state index contributed by atoms with van der Waals surface area (Å²) in [4.78, 5) is 16.3. The number of anilines is 1. The number of nitrogens with one attached hydrogen (secondary N) is 2. The molecule has 1 heterocycles. The zero-order valence-corrected chi connectivity index (χ0v) is 14.0. The molecular formula is C20H20N4O. The Hall–Kier alpha value is -3.21. The van der Waals surface area contributed by atoms with Crippen LogP contribution in [0.4, 0.5) is 5.69 Å². The number of hydrogen-bond donors (Lipinski definition) is 2. The smallest absolute Gasteiger partial charge is 0.262 e. The van der Waals surface area contributed by atoms with Gasteiger partial charge in [-0.3, -0.25) is 9.78 Å². The molecule has 0 saturated heterocycles. The topological polar surface area (TPSA) is 66.4 Å². The second-order valence-electron chi connectivity index (χ2n) is 5.65. The predicted octanol–water partition coefficient (Wildman–Crippen LogP) is 3.58. The van der Waals surface area contributed by atoms with E-state index in [0.717, 1.165) is 22.0 Å². The summed E-state index contributed by atoms with van der Waals surface area (Å²) in [5, 5.41) is 9.58. The van der Waals surface area contributed by atoms with E-state index in [9.17, 15) is 4.79 Å². The molecule has 3 aromatic rings. The minimum atomic E-state index is -0.361. The van der Waals surface area contributed by atoms with Crippen molar-refractivity contribution in [1.29, 1.82) is 0 Å². The molecular weight excluding hydrogens is 312 g/mol. The number of carbonyl (C=O) groups is 1. The lowest BCUT2D eigenvalue weighted by Crippen LogP contribution is -2.36. The first-order valence-electron chi connectivity index (χ1n) is 8.25. The van der Waals surface area contributed by atoms with E-state index < -0.39 is 0 Å². The molecule has 5 heteroatoms. The van der Waals surface area contributed by atoms with Crippen LogP contribution in [0, 0.1) is 0 Å². The molecule has 0 radical (unpaired) electrons. The van der Waals surface area contributed by atoms with Crippen LogP contribution in [0.1, 0.15) is 18.9 Å². The summed E-state index contributed by atoms with van der Waals surface area (Å²) < 4.78 is 0. The molecule has 0 unspecified atom stereocenters. The summed E-state index contributed by atoms with van der Waals surface area (Å²) in [5.41, 5.74) is 4.42. The number of nitrogens with zero attached hydrogens (tertiary/aromatic N) is 2. The summed E-state index contributed by atoms with van der Waals surface area (Å²) in [6.07, 6.45) is 5.62. The lowest BCUT2D eigenvalue weighted by Gasteiger charge is -2.18. The largest absolute Gasteiger partial charge is 0.373 e. The number of aromatic nitrogens is 1. The van der Waals surface area contributed by atoms with Crippen LogP contribution in [0.15, 0.2) is 72.1 Å². The third kappa shape index (κ3) is 4.20.